The zero-order valence-corrected chi connectivity index (χ0v) is 11.9. The number of hydrogen-bond acceptors (Lipinski definition) is 4. The summed E-state index contributed by atoms with van der Waals surface area (Å²) in [5.41, 5.74) is 0. The van der Waals surface area contributed by atoms with Crippen LogP contribution < -0.4 is 10.0 Å². The third-order valence-electron chi connectivity index (χ3n) is 2.16. The number of likely N-dealkylation sites (N-methyl/N-ethyl adjacent to an activating group) is 1. The van der Waals surface area contributed by atoms with Crippen LogP contribution >= 0.6 is 11.3 Å². The minimum atomic E-state index is -4.56. The van der Waals surface area contributed by atoms with Crippen LogP contribution in [0.15, 0.2) is 16.3 Å². The molecule has 0 unspecified atom stereocenters. The molecule has 0 atom stereocenters. The predicted molar refractivity (Wildman–Crippen MR) is 67.8 cm³/mol. The van der Waals surface area contributed by atoms with Gasteiger partial charge in [-0.1, -0.05) is 6.92 Å². The highest BCUT2D eigenvalue weighted by Crippen LogP contribution is 2.22. The van der Waals surface area contributed by atoms with Gasteiger partial charge >= 0.3 is 6.18 Å². The fourth-order valence-electron chi connectivity index (χ4n) is 1.27. The lowest BCUT2D eigenvalue weighted by atomic mass is 10.3. The van der Waals surface area contributed by atoms with Gasteiger partial charge in [0.1, 0.15) is 10.8 Å². The second-order valence-corrected chi connectivity index (χ2v) is 6.93. The first kappa shape index (κ1) is 16.4. The molecule has 110 valence electrons. The van der Waals surface area contributed by atoms with E-state index in [0.717, 1.165) is 22.8 Å². The number of hydrogen-bond donors (Lipinski definition) is 2. The zero-order chi connectivity index (χ0) is 14.5. The Balaban J connectivity index is 2.64. The molecule has 9 heteroatoms. The fraction of sp³-hybridized carbons (Fsp3) is 0.600. The van der Waals surface area contributed by atoms with Crippen LogP contribution in [0, 0.1) is 0 Å². The van der Waals surface area contributed by atoms with Crippen molar-refractivity contribution >= 4 is 21.4 Å². The molecule has 0 aromatic carbocycles. The van der Waals surface area contributed by atoms with Gasteiger partial charge in [-0.3, -0.25) is 0 Å². The van der Waals surface area contributed by atoms with Crippen LogP contribution in [0.1, 0.15) is 11.8 Å². The van der Waals surface area contributed by atoms with Crippen LogP contribution in [-0.2, 0) is 16.4 Å². The topological polar surface area (TPSA) is 58.2 Å². The second kappa shape index (κ2) is 6.69. The molecule has 2 N–H and O–H groups in total. The van der Waals surface area contributed by atoms with Crippen molar-refractivity contribution in [2.75, 3.05) is 19.6 Å². The third kappa shape index (κ3) is 5.89. The fourth-order valence-corrected chi connectivity index (χ4v) is 3.69. The van der Waals surface area contributed by atoms with Crippen molar-refractivity contribution in [2.45, 2.75) is 23.7 Å². The minimum absolute atomic E-state index is 0.0942. The molecule has 0 aliphatic rings. The molecule has 1 heterocycles. The molecule has 1 aromatic heterocycles. The van der Waals surface area contributed by atoms with Crippen molar-refractivity contribution in [1.82, 2.24) is 10.0 Å². The maximum Gasteiger partial charge on any atom is 0.402 e. The number of halogens is 3. The van der Waals surface area contributed by atoms with Gasteiger partial charge in [-0.05, 0) is 31.6 Å². The summed E-state index contributed by atoms with van der Waals surface area (Å²) in [5.74, 6) is 0. The normalized spacial score (nSPS) is 12.8. The number of thiophene rings is 1. The SMILES string of the molecule is CCNCCc1ccc(S(=O)(=O)NCC(F)(F)F)s1. The Morgan fingerprint density at radius 3 is 2.58 bits per heavy atom. The van der Waals surface area contributed by atoms with Gasteiger partial charge in [-0.15, -0.1) is 11.3 Å². The molecule has 0 fully saturated rings. The number of nitrogens with one attached hydrogen (secondary N) is 2. The maximum atomic E-state index is 12.0. The molecule has 0 radical (unpaired) electrons. The monoisotopic (exact) mass is 316 g/mol. The summed E-state index contributed by atoms with van der Waals surface area (Å²) in [5, 5.41) is 3.08. The quantitative estimate of drug-likeness (QED) is 0.753. The molecule has 0 saturated heterocycles. The second-order valence-electron chi connectivity index (χ2n) is 3.76. The average Bonchev–Trinajstić information content (AvgIpc) is 2.76. The van der Waals surface area contributed by atoms with Gasteiger partial charge in [0.15, 0.2) is 0 Å². The Bertz CT molecular complexity index is 497. The minimum Gasteiger partial charge on any atom is -0.317 e. The third-order valence-corrected chi connectivity index (χ3v) is 5.20. The first-order valence-corrected chi connectivity index (χ1v) is 7.90. The highest BCUT2D eigenvalue weighted by molar-refractivity contribution is 7.91. The highest BCUT2D eigenvalue weighted by Gasteiger charge is 2.30. The molecule has 0 spiro atoms. The Morgan fingerprint density at radius 1 is 1.32 bits per heavy atom. The first-order valence-electron chi connectivity index (χ1n) is 5.60. The van der Waals surface area contributed by atoms with Crippen molar-refractivity contribution in [3.05, 3.63) is 17.0 Å². The predicted octanol–water partition coefficient (Wildman–Crippen LogP) is 1.74. The Kier molecular flexibility index (Phi) is 5.78. The molecule has 0 aliphatic heterocycles. The lowest BCUT2D eigenvalue weighted by Crippen LogP contribution is -2.33. The van der Waals surface area contributed by atoms with Crippen LogP contribution in [0.4, 0.5) is 13.2 Å². The van der Waals surface area contributed by atoms with Crippen molar-refractivity contribution in [3.63, 3.8) is 0 Å². The summed E-state index contributed by atoms with van der Waals surface area (Å²) < 4.78 is 60.6. The van der Waals surface area contributed by atoms with E-state index in [1.807, 2.05) is 6.92 Å². The maximum absolute atomic E-state index is 12.0. The van der Waals surface area contributed by atoms with E-state index < -0.39 is 22.7 Å². The van der Waals surface area contributed by atoms with Crippen molar-refractivity contribution in [1.29, 1.82) is 0 Å². The van der Waals surface area contributed by atoms with Crippen LogP contribution in [-0.4, -0.2) is 34.2 Å². The van der Waals surface area contributed by atoms with Gasteiger partial charge in [0.25, 0.3) is 0 Å². The molecule has 0 saturated carbocycles. The van der Waals surface area contributed by atoms with E-state index in [0.29, 0.717) is 13.0 Å². The largest absolute Gasteiger partial charge is 0.402 e. The molecule has 0 aliphatic carbocycles. The smallest absolute Gasteiger partial charge is 0.317 e. The molecule has 1 aromatic rings. The van der Waals surface area contributed by atoms with E-state index in [2.05, 4.69) is 5.32 Å². The van der Waals surface area contributed by atoms with Gasteiger partial charge in [-0.25, -0.2) is 13.1 Å². The summed E-state index contributed by atoms with van der Waals surface area (Å²) in [6.07, 6.45) is -3.91. The van der Waals surface area contributed by atoms with E-state index in [-0.39, 0.29) is 4.21 Å². The average molecular weight is 316 g/mol. The molecular formula is C10H15F3N2O2S2. The summed E-state index contributed by atoms with van der Waals surface area (Å²) in [7, 11) is -4.08. The summed E-state index contributed by atoms with van der Waals surface area (Å²) in [6.45, 7) is 1.90. The Labute approximate surface area is 114 Å². The number of alkyl halides is 3. The highest BCUT2D eigenvalue weighted by atomic mass is 32.2. The van der Waals surface area contributed by atoms with Crippen LogP contribution in [0.3, 0.4) is 0 Å². The van der Waals surface area contributed by atoms with Crippen molar-refractivity contribution in [2.24, 2.45) is 0 Å². The van der Waals surface area contributed by atoms with E-state index in [1.54, 1.807) is 6.07 Å². The summed E-state index contributed by atoms with van der Waals surface area (Å²) >= 11 is 0.983. The van der Waals surface area contributed by atoms with Gasteiger partial charge in [-0.2, -0.15) is 13.2 Å². The van der Waals surface area contributed by atoms with E-state index in [9.17, 15) is 21.6 Å². The van der Waals surface area contributed by atoms with E-state index >= 15 is 0 Å². The standard InChI is InChI=1S/C10H15F3N2O2S2/c1-2-14-6-5-8-3-4-9(18-8)19(16,17)15-7-10(11,12)13/h3-4,14-15H,2,5-7H2,1H3. The molecule has 1 rings (SSSR count). The van der Waals surface area contributed by atoms with Crippen LogP contribution in [0.2, 0.25) is 0 Å². The lowest BCUT2D eigenvalue weighted by molar-refractivity contribution is -0.121. The van der Waals surface area contributed by atoms with Crippen LogP contribution in [0.25, 0.3) is 0 Å². The van der Waals surface area contributed by atoms with E-state index in [4.69, 9.17) is 0 Å². The van der Waals surface area contributed by atoms with Gasteiger partial charge in [0, 0.05) is 4.88 Å². The van der Waals surface area contributed by atoms with Gasteiger partial charge in [0.05, 0.1) is 0 Å². The zero-order valence-electron chi connectivity index (χ0n) is 10.3. The van der Waals surface area contributed by atoms with Gasteiger partial charge in [0.2, 0.25) is 10.0 Å². The molecule has 19 heavy (non-hydrogen) atoms. The molecule has 0 amide bonds. The number of sulfonamides is 1. The molecule has 0 bridgehead atoms. The van der Waals surface area contributed by atoms with Gasteiger partial charge < -0.3 is 5.32 Å². The van der Waals surface area contributed by atoms with Crippen LogP contribution in [0.5, 0.6) is 0 Å². The Morgan fingerprint density at radius 2 is 2.00 bits per heavy atom. The summed E-state index contributed by atoms with van der Waals surface area (Å²) in [6, 6.07) is 2.94. The first-order chi connectivity index (χ1) is 8.74. The molecular weight excluding hydrogens is 301 g/mol. The Hall–Kier alpha value is -0.640. The van der Waals surface area contributed by atoms with Crippen molar-refractivity contribution in [3.8, 4) is 0 Å². The molecule has 4 nitrogen and oxygen atoms in total. The van der Waals surface area contributed by atoms with Crippen molar-refractivity contribution < 1.29 is 21.6 Å². The number of rotatable bonds is 7. The lowest BCUT2D eigenvalue weighted by Gasteiger charge is -2.07. The summed E-state index contributed by atoms with van der Waals surface area (Å²) in [4.78, 5) is 0.813. The van der Waals surface area contributed by atoms with E-state index in [1.165, 1.54) is 10.8 Å².